The Morgan fingerprint density at radius 1 is 1.14 bits per heavy atom. The number of benzene rings is 1. The molecule has 0 radical (unpaired) electrons. The Morgan fingerprint density at radius 2 is 1.81 bits per heavy atom. The molecular formula is C17H21FN2O. The molecule has 0 aliphatic heterocycles. The van der Waals surface area contributed by atoms with Crippen LogP contribution in [-0.4, -0.2) is 17.1 Å². The summed E-state index contributed by atoms with van der Waals surface area (Å²) in [6.07, 6.45) is 0. The maximum Gasteiger partial charge on any atom is 0.129 e. The molecule has 1 heterocycles. The zero-order chi connectivity index (χ0) is 15.4. The van der Waals surface area contributed by atoms with E-state index in [0.717, 1.165) is 22.6 Å². The molecule has 112 valence electrons. The van der Waals surface area contributed by atoms with E-state index in [0.29, 0.717) is 12.5 Å². The largest absolute Gasteiger partial charge is 0.392 e. The number of pyridine rings is 1. The first-order chi connectivity index (χ1) is 9.99. The van der Waals surface area contributed by atoms with Gasteiger partial charge in [-0.05, 0) is 41.3 Å². The highest BCUT2D eigenvalue weighted by Gasteiger charge is 2.10. The number of aliphatic hydroxyl groups is 1. The van der Waals surface area contributed by atoms with E-state index in [9.17, 15) is 9.50 Å². The molecule has 1 aromatic heterocycles. The van der Waals surface area contributed by atoms with E-state index in [-0.39, 0.29) is 12.4 Å². The highest BCUT2D eigenvalue weighted by Crippen LogP contribution is 2.21. The second-order valence-electron chi connectivity index (χ2n) is 5.55. The minimum Gasteiger partial charge on any atom is -0.392 e. The van der Waals surface area contributed by atoms with Gasteiger partial charge in [-0.1, -0.05) is 26.0 Å². The summed E-state index contributed by atoms with van der Waals surface area (Å²) < 4.78 is 12.9. The maximum absolute atomic E-state index is 12.9. The van der Waals surface area contributed by atoms with Gasteiger partial charge in [0.05, 0.1) is 6.61 Å². The van der Waals surface area contributed by atoms with Gasteiger partial charge in [0, 0.05) is 19.3 Å². The van der Waals surface area contributed by atoms with Gasteiger partial charge in [0.1, 0.15) is 11.6 Å². The smallest absolute Gasteiger partial charge is 0.129 e. The molecule has 0 bridgehead atoms. The van der Waals surface area contributed by atoms with Crippen LogP contribution < -0.4 is 4.90 Å². The fourth-order valence-electron chi connectivity index (χ4n) is 2.12. The van der Waals surface area contributed by atoms with E-state index in [1.165, 1.54) is 12.1 Å². The van der Waals surface area contributed by atoms with Gasteiger partial charge in [0.2, 0.25) is 0 Å². The summed E-state index contributed by atoms with van der Waals surface area (Å²) in [6, 6.07) is 10.3. The molecule has 0 spiro atoms. The first-order valence-electron chi connectivity index (χ1n) is 7.07. The third-order valence-corrected chi connectivity index (χ3v) is 3.39. The number of halogens is 1. The lowest BCUT2D eigenvalue weighted by molar-refractivity contribution is 0.281. The molecular weight excluding hydrogens is 267 g/mol. The average molecular weight is 288 g/mol. The maximum atomic E-state index is 12.9. The van der Waals surface area contributed by atoms with E-state index < -0.39 is 0 Å². The predicted octanol–water partition coefficient (Wildman–Crippen LogP) is 3.47. The van der Waals surface area contributed by atoms with Crippen molar-refractivity contribution in [3.8, 4) is 0 Å². The van der Waals surface area contributed by atoms with Gasteiger partial charge < -0.3 is 10.0 Å². The first-order valence-corrected chi connectivity index (χ1v) is 7.07. The van der Waals surface area contributed by atoms with E-state index in [1.54, 1.807) is 12.1 Å². The predicted molar refractivity (Wildman–Crippen MR) is 82.8 cm³/mol. The van der Waals surface area contributed by atoms with Crippen molar-refractivity contribution >= 4 is 5.82 Å². The zero-order valence-corrected chi connectivity index (χ0v) is 12.7. The van der Waals surface area contributed by atoms with Gasteiger partial charge >= 0.3 is 0 Å². The van der Waals surface area contributed by atoms with Crippen molar-refractivity contribution < 1.29 is 9.50 Å². The van der Waals surface area contributed by atoms with Gasteiger partial charge in [-0.15, -0.1) is 0 Å². The van der Waals surface area contributed by atoms with Gasteiger partial charge in [0.15, 0.2) is 0 Å². The molecule has 1 aromatic carbocycles. The van der Waals surface area contributed by atoms with Crippen LogP contribution in [0, 0.1) is 5.82 Å². The minimum atomic E-state index is -0.233. The quantitative estimate of drug-likeness (QED) is 0.915. The topological polar surface area (TPSA) is 36.4 Å². The molecule has 0 aliphatic carbocycles. The molecule has 0 atom stereocenters. The third-order valence-electron chi connectivity index (χ3n) is 3.39. The molecule has 0 unspecified atom stereocenters. The first kappa shape index (κ1) is 15.4. The summed E-state index contributed by atoms with van der Waals surface area (Å²) in [5.74, 6) is 0.882. The molecule has 2 aromatic rings. The lowest BCUT2D eigenvalue weighted by Gasteiger charge is -2.20. The van der Waals surface area contributed by atoms with Crippen molar-refractivity contribution in [2.24, 2.45) is 0 Å². The molecule has 21 heavy (non-hydrogen) atoms. The van der Waals surface area contributed by atoms with Crippen molar-refractivity contribution in [1.82, 2.24) is 4.98 Å². The van der Waals surface area contributed by atoms with Crippen LogP contribution >= 0.6 is 0 Å². The van der Waals surface area contributed by atoms with Gasteiger partial charge in [-0.25, -0.2) is 9.37 Å². The van der Waals surface area contributed by atoms with Crippen molar-refractivity contribution in [2.75, 3.05) is 11.9 Å². The number of aliphatic hydroxyl groups excluding tert-OH is 1. The van der Waals surface area contributed by atoms with Crippen LogP contribution in [0.25, 0.3) is 0 Å². The van der Waals surface area contributed by atoms with Crippen LogP contribution in [-0.2, 0) is 13.2 Å². The molecule has 0 saturated carbocycles. The molecule has 3 nitrogen and oxygen atoms in total. The van der Waals surface area contributed by atoms with Crippen LogP contribution in [0.2, 0.25) is 0 Å². The van der Waals surface area contributed by atoms with Crippen molar-refractivity contribution in [3.05, 3.63) is 59.0 Å². The standard InChI is InChI=1S/C17H21FN2O/c1-12(2)16-8-14(11-21)9-17(19-16)20(3)10-13-4-6-15(18)7-5-13/h4-9,12,21H,10-11H2,1-3H3. The van der Waals surface area contributed by atoms with Crippen molar-refractivity contribution in [3.63, 3.8) is 0 Å². The van der Waals surface area contributed by atoms with E-state index >= 15 is 0 Å². The van der Waals surface area contributed by atoms with Crippen molar-refractivity contribution in [2.45, 2.75) is 32.9 Å². The average Bonchev–Trinajstić information content (AvgIpc) is 2.49. The summed E-state index contributed by atoms with van der Waals surface area (Å²) in [7, 11) is 1.94. The Kier molecular flexibility index (Phi) is 4.91. The molecule has 0 aliphatic rings. The van der Waals surface area contributed by atoms with Crippen LogP contribution in [0.15, 0.2) is 36.4 Å². The lowest BCUT2D eigenvalue weighted by Crippen LogP contribution is -2.18. The van der Waals surface area contributed by atoms with Crippen molar-refractivity contribution in [1.29, 1.82) is 0 Å². The van der Waals surface area contributed by atoms with E-state index in [4.69, 9.17) is 0 Å². The zero-order valence-electron chi connectivity index (χ0n) is 12.7. The van der Waals surface area contributed by atoms with Gasteiger partial charge in [-0.3, -0.25) is 0 Å². The number of anilines is 1. The second-order valence-corrected chi connectivity index (χ2v) is 5.55. The Balaban J connectivity index is 2.23. The molecule has 4 heteroatoms. The Labute approximate surface area is 125 Å². The van der Waals surface area contributed by atoms with E-state index in [2.05, 4.69) is 18.8 Å². The fraction of sp³-hybridized carbons (Fsp3) is 0.353. The molecule has 0 amide bonds. The number of hydrogen-bond donors (Lipinski definition) is 1. The molecule has 0 fully saturated rings. The summed E-state index contributed by atoms with van der Waals surface area (Å²) in [6.45, 7) is 4.79. The Bertz CT molecular complexity index is 596. The third kappa shape index (κ3) is 4.02. The van der Waals surface area contributed by atoms with Crippen LogP contribution in [0.3, 0.4) is 0 Å². The van der Waals surface area contributed by atoms with Gasteiger partial charge in [0.25, 0.3) is 0 Å². The number of rotatable bonds is 5. The highest BCUT2D eigenvalue weighted by molar-refractivity contribution is 5.43. The summed E-state index contributed by atoms with van der Waals surface area (Å²) in [4.78, 5) is 6.63. The number of nitrogens with zero attached hydrogens (tertiary/aromatic N) is 2. The van der Waals surface area contributed by atoms with Crippen LogP contribution in [0.5, 0.6) is 0 Å². The Morgan fingerprint density at radius 3 is 2.38 bits per heavy atom. The lowest BCUT2D eigenvalue weighted by atomic mass is 10.1. The summed E-state index contributed by atoms with van der Waals surface area (Å²) in [5.41, 5.74) is 2.83. The second kappa shape index (κ2) is 6.68. The Hall–Kier alpha value is -1.94. The summed E-state index contributed by atoms with van der Waals surface area (Å²) in [5, 5.41) is 9.38. The number of aromatic nitrogens is 1. The molecule has 0 saturated heterocycles. The van der Waals surface area contributed by atoms with E-state index in [1.807, 2.05) is 24.1 Å². The fourth-order valence-corrected chi connectivity index (χ4v) is 2.12. The SMILES string of the molecule is CC(C)c1cc(CO)cc(N(C)Cc2ccc(F)cc2)n1. The van der Waals surface area contributed by atoms with Crippen LogP contribution in [0.1, 0.15) is 36.6 Å². The number of hydrogen-bond acceptors (Lipinski definition) is 3. The monoisotopic (exact) mass is 288 g/mol. The van der Waals surface area contributed by atoms with Gasteiger partial charge in [-0.2, -0.15) is 0 Å². The van der Waals surface area contributed by atoms with Crippen LogP contribution in [0.4, 0.5) is 10.2 Å². The molecule has 1 N–H and O–H groups in total. The normalized spacial score (nSPS) is 11.0. The molecule has 2 rings (SSSR count). The highest BCUT2D eigenvalue weighted by atomic mass is 19.1. The summed E-state index contributed by atoms with van der Waals surface area (Å²) >= 11 is 0. The minimum absolute atomic E-state index is 0.000369.